The van der Waals surface area contributed by atoms with E-state index in [1.54, 1.807) is 18.2 Å². The van der Waals surface area contributed by atoms with Crippen LogP contribution in [0.15, 0.2) is 24.3 Å². The number of hydrogen-bond acceptors (Lipinski definition) is 5. The van der Waals surface area contributed by atoms with Crippen LogP contribution in [0.4, 0.5) is 4.39 Å². The van der Waals surface area contributed by atoms with Crippen LogP contribution in [0, 0.1) is 17.2 Å². The minimum Gasteiger partial charge on any atom is -0.489 e. The summed E-state index contributed by atoms with van der Waals surface area (Å²) < 4.78 is 24.8. The van der Waals surface area contributed by atoms with Gasteiger partial charge in [0.25, 0.3) is 5.91 Å². The Morgan fingerprint density at radius 3 is 2.92 bits per heavy atom. The number of hydrogen-bond donors (Lipinski definition) is 1. The van der Waals surface area contributed by atoms with Gasteiger partial charge in [0.2, 0.25) is 5.88 Å². The van der Waals surface area contributed by atoms with Crippen LogP contribution in [0.5, 0.6) is 11.6 Å². The number of carbonyl (C=O) groups is 1. The van der Waals surface area contributed by atoms with Crippen LogP contribution in [0.3, 0.4) is 0 Å². The number of amides is 1. The molecule has 1 aliphatic rings. The van der Waals surface area contributed by atoms with E-state index in [1.165, 1.54) is 7.11 Å². The first-order valence-corrected chi connectivity index (χ1v) is 8.04. The van der Waals surface area contributed by atoms with E-state index in [9.17, 15) is 9.18 Å². The number of halogens is 1. The molecule has 3 rings (SSSR count). The van der Waals surface area contributed by atoms with Crippen LogP contribution < -0.4 is 14.8 Å². The van der Waals surface area contributed by atoms with Crippen molar-refractivity contribution in [1.82, 2.24) is 10.3 Å². The average Bonchev–Trinajstić information content (AvgIpc) is 2.91. The maximum absolute atomic E-state index is 13.9. The molecule has 2 heterocycles. The number of nitriles is 1. The highest BCUT2D eigenvalue weighted by Gasteiger charge is 2.41. The van der Waals surface area contributed by atoms with Crippen LogP contribution >= 0.6 is 0 Å². The molecule has 1 aliphatic heterocycles. The Labute approximate surface area is 144 Å². The Balaban J connectivity index is 1.87. The van der Waals surface area contributed by atoms with Crippen molar-refractivity contribution in [2.45, 2.75) is 25.6 Å². The third-order valence-electron chi connectivity index (χ3n) is 4.45. The Morgan fingerprint density at radius 1 is 1.44 bits per heavy atom. The van der Waals surface area contributed by atoms with Crippen LogP contribution in [0.25, 0.3) is 10.9 Å². The van der Waals surface area contributed by atoms with E-state index in [1.807, 2.05) is 19.1 Å². The van der Waals surface area contributed by atoms with E-state index in [-0.39, 0.29) is 18.5 Å². The van der Waals surface area contributed by atoms with Gasteiger partial charge >= 0.3 is 0 Å². The van der Waals surface area contributed by atoms with E-state index in [0.717, 1.165) is 5.39 Å². The van der Waals surface area contributed by atoms with Crippen LogP contribution in [0.2, 0.25) is 0 Å². The van der Waals surface area contributed by atoms with Crippen molar-refractivity contribution >= 4 is 16.8 Å². The lowest BCUT2D eigenvalue weighted by atomic mass is 9.97. The second kappa shape index (κ2) is 6.93. The van der Waals surface area contributed by atoms with Crippen molar-refractivity contribution in [1.29, 1.82) is 5.26 Å². The molecule has 1 N–H and O–H groups in total. The zero-order valence-electron chi connectivity index (χ0n) is 14.0. The number of benzene rings is 1. The number of nitrogens with one attached hydrogen (secondary N) is 1. The lowest BCUT2D eigenvalue weighted by molar-refractivity contribution is -0.123. The molecule has 1 fully saturated rings. The Morgan fingerprint density at radius 2 is 2.24 bits per heavy atom. The fourth-order valence-electron chi connectivity index (χ4n) is 3.11. The van der Waals surface area contributed by atoms with Gasteiger partial charge in [-0.3, -0.25) is 4.79 Å². The maximum atomic E-state index is 13.9. The minimum absolute atomic E-state index is 0.147. The molecule has 130 valence electrons. The van der Waals surface area contributed by atoms with Gasteiger partial charge in [0.05, 0.1) is 13.2 Å². The molecule has 0 aliphatic carbocycles. The Bertz CT molecular complexity index is 849. The molecule has 6 nitrogen and oxygen atoms in total. The summed E-state index contributed by atoms with van der Waals surface area (Å²) in [6, 6.07) is 8.68. The average molecular weight is 343 g/mol. The number of ether oxygens (including phenoxy) is 2. The van der Waals surface area contributed by atoms with Gasteiger partial charge in [-0.05, 0) is 18.6 Å². The molecular formula is C18H18FN3O3. The number of rotatable bonds is 5. The SMILES string of the molecule is CC[C@@H]1[C@H](F)C(=O)N[C@@H]1COc1cccc2cc(C#N)c(OC)nc12. The first-order valence-electron chi connectivity index (χ1n) is 8.04. The lowest BCUT2D eigenvalue weighted by Crippen LogP contribution is -2.34. The van der Waals surface area contributed by atoms with Gasteiger partial charge in [-0.1, -0.05) is 19.1 Å². The second-order valence-corrected chi connectivity index (χ2v) is 5.88. The number of aromatic nitrogens is 1. The first-order chi connectivity index (χ1) is 12.1. The topological polar surface area (TPSA) is 84.2 Å². The molecule has 0 unspecified atom stereocenters. The van der Waals surface area contributed by atoms with Gasteiger partial charge in [-0.15, -0.1) is 0 Å². The molecule has 0 spiro atoms. The predicted octanol–water partition coefficient (Wildman–Crippen LogP) is 2.36. The van der Waals surface area contributed by atoms with Crippen molar-refractivity contribution < 1.29 is 18.7 Å². The molecule has 7 heteroatoms. The second-order valence-electron chi connectivity index (χ2n) is 5.88. The summed E-state index contributed by atoms with van der Waals surface area (Å²) in [5, 5.41) is 12.5. The lowest BCUT2D eigenvalue weighted by Gasteiger charge is -2.19. The van der Waals surface area contributed by atoms with Crippen LogP contribution in [-0.4, -0.2) is 36.8 Å². The molecular weight excluding hydrogens is 325 g/mol. The van der Waals surface area contributed by atoms with Gasteiger partial charge in [0, 0.05) is 11.3 Å². The van der Waals surface area contributed by atoms with E-state index in [4.69, 9.17) is 14.7 Å². The number of alkyl halides is 1. The smallest absolute Gasteiger partial charge is 0.255 e. The highest BCUT2D eigenvalue weighted by Crippen LogP contribution is 2.30. The quantitative estimate of drug-likeness (QED) is 0.901. The molecule has 1 saturated heterocycles. The van der Waals surface area contributed by atoms with Gasteiger partial charge in [0.1, 0.15) is 29.5 Å². The highest BCUT2D eigenvalue weighted by atomic mass is 19.1. The molecule has 0 saturated carbocycles. The van der Waals surface area contributed by atoms with Crippen molar-refractivity contribution in [3.8, 4) is 17.7 Å². The zero-order valence-corrected chi connectivity index (χ0v) is 14.0. The molecule has 3 atom stereocenters. The number of pyridine rings is 1. The third kappa shape index (κ3) is 3.07. The monoisotopic (exact) mass is 343 g/mol. The molecule has 1 aromatic carbocycles. The van der Waals surface area contributed by atoms with Crippen LogP contribution in [-0.2, 0) is 4.79 Å². The van der Waals surface area contributed by atoms with Gasteiger partial charge in [0.15, 0.2) is 6.17 Å². The Hall–Kier alpha value is -2.88. The van der Waals surface area contributed by atoms with E-state index in [2.05, 4.69) is 10.3 Å². The predicted molar refractivity (Wildman–Crippen MR) is 89.1 cm³/mol. The maximum Gasteiger partial charge on any atom is 0.255 e. The van der Waals surface area contributed by atoms with E-state index in [0.29, 0.717) is 23.3 Å². The molecule has 0 bridgehead atoms. The van der Waals surface area contributed by atoms with Crippen molar-refractivity contribution in [2.75, 3.05) is 13.7 Å². The minimum atomic E-state index is -1.50. The van der Waals surface area contributed by atoms with Crippen molar-refractivity contribution in [3.05, 3.63) is 29.8 Å². The molecule has 1 aromatic heterocycles. The first kappa shape index (κ1) is 17.0. The van der Waals surface area contributed by atoms with Crippen LogP contribution in [0.1, 0.15) is 18.9 Å². The number of nitrogens with zero attached hydrogens (tertiary/aromatic N) is 2. The summed E-state index contributed by atoms with van der Waals surface area (Å²) in [7, 11) is 1.44. The number of methoxy groups -OCH3 is 1. The van der Waals surface area contributed by atoms with E-state index < -0.39 is 18.0 Å². The largest absolute Gasteiger partial charge is 0.489 e. The summed E-state index contributed by atoms with van der Waals surface area (Å²) in [6.45, 7) is 1.99. The summed E-state index contributed by atoms with van der Waals surface area (Å²) in [4.78, 5) is 15.9. The van der Waals surface area contributed by atoms with Crippen molar-refractivity contribution in [2.24, 2.45) is 5.92 Å². The normalized spacial score (nSPS) is 22.5. The Kier molecular flexibility index (Phi) is 4.70. The van der Waals surface area contributed by atoms with Gasteiger partial charge < -0.3 is 14.8 Å². The number of fused-ring (bicyclic) bond motifs is 1. The molecule has 2 aromatic rings. The van der Waals surface area contributed by atoms with Gasteiger partial charge in [-0.25, -0.2) is 9.37 Å². The third-order valence-corrected chi connectivity index (χ3v) is 4.45. The summed E-state index contributed by atoms with van der Waals surface area (Å²) in [5.74, 6) is -0.283. The summed E-state index contributed by atoms with van der Waals surface area (Å²) in [6.07, 6.45) is -0.955. The fraction of sp³-hybridized carbons (Fsp3) is 0.389. The number of para-hydroxylation sites is 1. The zero-order chi connectivity index (χ0) is 18.0. The van der Waals surface area contributed by atoms with E-state index >= 15 is 0 Å². The van der Waals surface area contributed by atoms with Gasteiger partial charge in [-0.2, -0.15) is 5.26 Å². The highest BCUT2D eigenvalue weighted by molar-refractivity contribution is 5.86. The standard InChI is InChI=1S/C18H18FN3O3/c1-3-12-13(21-17(23)15(12)19)9-25-14-6-4-5-10-7-11(8-20)18(24-2)22-16(10)14/h4-7,12-13,15H,3,9H2,1-2H3,(H,21,23)/t12-,13+,15-/m0/s1. The summed E-state index contributed by atoms with van der Waals surface area (Å²) >= 11 is 0. The van der Waals surface area contributed by atoms with Crippen molar-refractivity contribution in [3.63, 3.8) is 0 Å². The number of carbonyl (C=O) groups excluding carboxylic acids is 1. The molecule has 1 amide bonds. The molecule has 0 radical (unpaired) electrons. The fourth-order valence-corrected chi connectivity index (χ4v) is 3.11. The summed E-state index contributed by atoms with van der Waals surface area (Å²) in [5.41, 5.74) is 0.883. The molecule has 25 heavy (non-hydrogen) atoms.